The van der Waals surface area contributed by atoms with Gasteiger partial charge in [-0.05, 0) is 30.5 Å². The zero-order valence-electron chi connectivity index (χ0n) is 12.3. The molecule has 2 aromatic rings. The number of nitrogens with two attached hydrogens (primary N) is 1. The molecule has 6 heteroatoms. The highest BCUT2D eigenvalue weighted by atomic mass is 127. The topological polar surface area (TPSA) is 63.3 Å². The third kappa shape index (κ3) is 5.62. The number of benzene rings is 1. The average molecular weight is 416 g/mol. The minimum Gasteiger partial charge on any atom is -0.370 e. The van der Waals surface area contributed by atoms with Gasteiger partial charge in [0.05, 0.1) is 17.2 Å². The fourth-order valence-electron chi connectivity index (χ4n) is 1.81. The quantitative estimate of drug-likeness (QED) is 0.443. The van der Waals surface area contributed by atoms with E-state index >= 15 is 0 Å². The van der Waals surface area contributed by atoms with Crippen LogP contribution >= 0.6 is 35.3 Å². The molecule has 0 saturated heterocycles. The first-order chi connectivity index (χ1) is 9.71. The maximum Gasteiger partial charge on any atom is 0.193 e. The average Bonchev–Trinajstić information content (AvgIpc) is 2.93. The molecule has 21 heavy (non-hydrogen) atoms. The molecule has 0 atom stereocenters. The maximum absolute atomic E-state index is 5.90. The molecular formula is C15H21IN4S. The fraction of sp³-hybridized carbons (Fsp3) is 0.333. The molecule has 0 fully saturated rings. The number of aliphatic imine (C=N–C) groups is 1. The molecule has 3 N–H and O–H groups in total. The molecule has 114 valence electrons. The van der Waals surface area contributed by atoms with Crippen LogP contribution in [0.1, 0.15) is 30.1 Å². The molecule has 0 saturated carbocycles. The number of aryl methyl sites for hydroxylation is 2. The fourth-order valence-corrected chi connectivity index (χ4v) is 2.54. The Balaban J connectivity index is 0.00000220. The van der Waals surface area contributed by atoms with Gasteiger partial charge in [0, 0.05) is 11.1 Å². The number of nitrogens with one attached hydrogen (secondary N) is 1. The van der Waals surface area contributed by atoms with Crippen LogP contribution in [0.5, 0.6) is 0 Å². The van der Waals surface area contributed by atoms with Gasteiger partial charge < -0.3 is 11.1 Å². The minimum absolute atomic E-state index is 0. The highest BCUT2D eigenvalue weighted by molar-refractivity contribution is 14.0. The first-order valence-corrected chi connectivity index (χ1v) is 7.68. The van der Waals surface area contributed by atoms with Crippen molar-refractivity contribution < 1.29 is 0 Å². The van der Waals surface area contributed by atoms with Crippen molar-refractivity contribution >= 4 is 47.0 Å². The van der Waals surface area contributed by atoms with Gasteiger partial charge in [-0.1, -0.05) is 26.0 Å². The van der Waals surface area contributed by atoms with E-state index in [1.165, 1.54) is 5.56 Å². The molecule has 2 rings (SSSR count). The van der Waals surface area contributed by atoms with Crippen LogP contribution < -0.4 is 11.1 Å². The number of halogens is 1. The molecule has 0 bridgehead atoms. The third-order valence-electron chi connectivity index (χ3n) is 2.92. The van der Waals surface area contributed by atoms with Crippen molar-refractivity contribution in [3.8, 4) is 0 Å². The van der Waals surface area contributed by atoms with Crippen LogP contribution in [0.15, 0.2) is 34.6 Å². The lowest BCUT2D eigenvalue weighted by Gasteiger charge is -2.06. The Morgan fingerprint density at radius 1 is 1.33 bits per heavy atom. The standard InChI is InChI=1S/C15H20N4S.HI/c1-3-11-6-5-7-12(8-11)19-15(16)17-9-13-10-20-14(4-2)18-13;/h5-8,10H,3-4,9H2,1-2H3,(H3,16,17,19);1H. The molecule has 0 aliphatic rings. The van der Waals surface area contributed by atoms with Gasteiger partial charge in [0.2, 0.25) is 0 Å². The van der Waals surface area contributed by atoms with Crippen molar-refractivity contribution in [1.82, 2.24) is 4.98 Å². The second-order valence-electron chi connectivity index (χ2n) is 4.47. The Labute approximate surface area is 146 Å². The molecule has 0 unspecified atom stereocenters. The van der Waals surface area contributed by atoms with E-state index in [4.69, 9.17) is 5.73 Å². The highest BCUT2D eigenvalue weighted by Gasteiger charge is 2.00. The molecule has 1 aromatic heterocycles. The van der Waals surface area contributed by atoms with Gasteiger partial charge in [-0.2, -0.15) is 0 Å². The summed E-state index contributed by atoms with van der Waals surface area (Å²) in [6.45, 7) is 4.75. The first kappa shape index (κ1) is 17.9. The normalized spacial score (nSPS) is 11.0. The Morgan fingerprint density at radius 3 is 2.81 bits per heavy atom. The van der Waals surface area contributed by atoms with Crippen molar-refractivity contribution in [2.75, 3.05) is 5.32 Å². The van der Waals surface area contributed by atoms with E-state index in [2.05, 4.69) is 41.3 Å². The summed E-state index contributed by atoms with van der Waals surface area (Å²) in [6, 6.07) is 8.18. The Kier molecular flexibility index (Phi) is 7.66. The molecule has 0 spiro atoms. The number of anilines is 1. The van der Waals surface area contributed by atoms with Crippen LogP contribution in [0.4, 0.5) is 5.69 Å². The smallest absolute Gasteiger partial charge is 0.193 e. The first-order valence-electron chi connectivity index (χ1n) is 6.80. The van der Waals surface area contributed by atoms with Crippen molar-refractivity contribution in [3.05, 3.63) is 45.9 Å². The Morgan fingerprint density at radius 2 is 2.14 bits per heavy atom. The number of hydrogen-bond donors (Lipinski definition) is 2. The maximum atomic E-state index is 5.90. The van der Waals surface area contributed by atoms with Crippen molar-refractivity contribution in [2.24, 2.45) is 10.7 Å². The molecule has 0 radical (unpaired) electrons. The molecule has 0 aliphatic heterocycles. The molecule has 1 aromatic carbocycles. The third-order valence-corrected chi connectivity index (χ3v) is 3.96. The lowest BCUT2D eigenvalue weighted by Crippen LogP contribution is -2.22. The number of nitrogens with zero attached hydrogens (tertiary/aromatic N) is 2. The van der Waals surface area contributed by atoms with Gasteiger partial charge in [-0.25, -0.2) is 9.98 Å². The monoisotopic (exact) mass is 416 g/mol. The summed E-state index contributed by atoms with van der Waals surface area (Å²) >= 11 is 1.67. The molecular weight excluding hydrogens is 395 g/mol. The SMILES string of the molecule is CCc1cccc(NC(N)=NCc2csc(CC)n2)c1.I. The van der Waals surface area contributed by atoms with Crippen LogP contribution in [-0.2, 0) is 19.4 Å². The van der Waals surface area contributed by atoms with Crippen LogP contribution in [0, 0.1) is 0 Å². The minimum atomic E-state index is 0. The summed E-state index contributed by atoms with van der Waals surface area (Å²) in [4.78, 5) is 8.78. The lowest BCUT2D eigenvalue weighted by molar-refractivity contribution is 0.969. The van der Waals surface area contributed by atoms with Gasteiger partial charge >= 0.3 is 0 Å². The van der Waals surface area contributed by atoms with E-state index in [1.54, 1.807) is 11.3 Å². The summed E-state index contributed by atoms with van der Waals surface area (Å²) in [6.07, 6.45) is 1.97. The Hall–Kier alpha value is -1.15. The van der Waals surface area contributed by atoms with Crippen molar-refractivity contribution in [3.63, 3.8) is 0 Å². The van der Waals surface area contributed by atoms with Crippen molar-refractivity contribution in [1.29, 1.82) is 0 Å². The number of aromatic nitrogens is 1. The van der Waals surface area contributed by atoms with E-state index in [-0.39, 0.29) is 24.0 Å². The largest absolute Gasteiger partial charge is 0.370 e. The lowest BCUT2D eigenvalue weighted by atomic mass is 10.1. The zero-order valence-corrected chi connectivity index (χ0v) is 15.4. The van der Waals surface area contributed by atoms with Crippen LogP contribution in [-0.4, -0.2) is 10.9 Å². The second-order valence-corrected chi connectivity index (χ2v) is 5.41. The molecule has 0 aliphatic carbocycles. The summed E-state index contributed by atoms with van der Waals surface area (Å²) in [5.74, 6) is 0.421. The van der Waals surface area contributed by atoms with Crippen LogP contribution in [0.25, 0.3) is 0 Å². The summed E-state index contributed by atoms with van der Waals surface area (Å²) in [7, 11) is 0. The van der Waals surface area contributed by atoms with E-state index in [0.717, 1.165) is 29.2 Å². The van der Waals surface area contributed by atoms with E-state index in [1.807, 2.05) is 17.5 Å². The zero-order chi connectivity index (χ0) is 14.4. The number of guanidine groups is 1. The Bertz CT molecular complexity index is 595. The van der Waals surface area contributed by atoms with Gasteiger partial charge in [0.25, 0.3) is 0 Å². The highest BCUT2D eigenvalue weighted by Crippen LogP contribution is 2.12. The summed E-state index contributed by atoms with van der Waals surface area (Å²) < 4.78 is 0. The van der Waals surface area contributed by atoms with Gasteiger partial charge in [0.1, 0.15) is 0 Å². The number of hydrogen-bond acceptors (Lipinski definition) is 3. The van der Waals surface area contributed by atoms with E-state index < -0.39 is 0 Å². The second kappa shape index (κ2) is 8.99. The number of rotatable bonds is 5. The predicted molar refractivity (Wildman–Crippen MR) is 102 cm³/mol. The van der Waals surface area contributed by atoms with Crippen LogP contribution in [0.3, 0.4) is 0 Å². The van der Waals surface area contributed by atoms with Gasteiger partial charge in [-0.3, -0.25) is 0 Å². The predicted octanol–water partition coefficient (Wildman–Crippen LogP) is 3.81. The molecule has 4 nitrogen and oxygen atoms in total. The van der Waals surface area contributed by atoms with Gasteiger partial charge in [-0.15, -0.1) is 35.3 Å². The van der Waals surface area contributed by atoms with E-state index in [9.17, 15) is 0 Å². The van der Waals surface area contributed by atoms with Crippen LogP contribution in [0.2, 0.25) is 0 Å². The van der Waals surface area contributed by atoms with Gasteiger partial charge in [0.15, 0.2) is 5.96 Å². The van der Waals surface area contributed by atoms with Crippen molar-refractivity contribution in [2.45, 2.75) is 33.2 Å². The van der Waals surface area contributed by atoms with E-state index in [0.29, 0.717) is 12.5 Å². The summed E-state index contributed by atoms with van der Waals surface area (Å²) in [5.41, 5.74) is 9.11. The number of thiazole rings is 1. The molecule has 1 heterocycles. The molecule has 0 amide bonds. The summed E-state index contributed by atoms with van der Waals surface area (Å²) in [5, 5.41) is 6.28.